The van der Waals surface area contributed by atoms with Crippen LogP contribution in [0.4, 0.5) is 0 Å². The molecule has 0 aliphatic heterocycles. The molecule has 1 aliphatic carbocycles. The van der Waals surface area contributed by atoms with Gasteiger partial charge in [-0.25, -0.2) is 0 Å². The number of fused-ring (bicyclic) bond motifs is 1. The van der Waals surface area contributed by atoms with Crippen LogP contribution >= 0.6 is 27.3 Å². The minimum Gasteiger partial charge on any atom is -0.496 e. The van der Waals surface area contributed by atoms with Gasteiger partial charge in [0, 0.05) is 19.8 Å². The van der Waals surface area contributed by atoms with E-state index in [1.807, 2.05) is 17.4 Å². The Labute approximate surface area is 132 Å². The lowest BCUT2D eigenvalue weighted by Crippen LogP contribution is -2.12. The van der Waals surface area contributed by atoms with E-state index >= 15 is 0 Å². The molecule has 0 amide bonds. The molecule has 2 nitrogen and oxygen atoms in total. The van der Waals surface area contributed by atoms with Crippen LogP contribution in [0, 0.1) is 6.92 Å². The van der Waals surface area contributed by atoms with Crippen molar-refractivity contribution in [1.82, 2.24) is 0 Å². The van der Waals surface area contributed by atoms with Crippen LogP contribution in [0.2, 0.25) is 0 Å². The second-order valence-corrected chi connectivity index (χ2v) is 7.29. The number of rotatable bonds is 3. The Hall–Kier alpha value is -0.840. The molecule has 1 aromatic carbocycles. The van der Waals surface area contributed by atoms with Gasteiger partial charge in [0.2, 0.25) is 0 Å². The molecular formula is C16H18BrNOS. The van der Waals surface area contributed by atoms with Gasteiger partial charge in [0.25, 0.3) is 0 Å². The largest absolute Gasteiger partial charge is 0.496 e. The van der Waals surface area contributed by atoms with Crippen LogP contribution < -0.4 is 10.5 Å². The number of nitrogens with two attached hydrogens (primary N) is 1. The lowest BCUT2D eigenvalue weighted by Gasteiger charge is -2.16. The van der Waals surface area contributed by atoms with Crippen molar-refractivity contribution in [3.05, 3.63) is 49.1 Å². The summed E-state index contributed by atoms with van der Waals surface area (Å²) >= 11 is 5.45. The normalized spacial score (nSPS) is 15.2. The van der Waals surface area contributed by atoms with Crippen LogP contribution in [0.5, 0.6) is 5.75 Å². The van der Waals surface area contributed by atoms with E-state index in [4.69, 9.17) is 10.5 Å². The zero-order valence-corrected chi connectivity index (χ0v) is 14.1. The Balaban J connectivity index is 2.00. The van der Waals surface area contributed by atoms with Gasteiger partial charge >= 0.3 is 0 Å². The Kier molecular flexibility index (Phi) is 3.89. The number of thiophene rings is 1. The second kappa shape index (κ2) is 5.51. The second-order valence-electron chi connectivity index (χ2n) is 5.27. The third-order valence-corrected chi connectivity index (χ3v) is 6.09. The van der Waals surface area contributed by atoms with Gasteiger partial charge in [0.1, 0.15) is 5.75 Å². The molecule has 106 valence electrons. The molecule has 3 rings (SSSR count). The first-order chi connectivity index (χ1) is 9.60. The predicted octanol–water partition coefficient (Wildman–Crippen LogP) is 4.36. The molecule has 0 radical (unpaired) electrons. The Morgan fingerprint density at radius 1 is 1.30 bits per heavy atom. The third-order valence-electron chi connectivity index (χ3n) is 3.92. The molecule has 0 fully saturated rings. The highest BCUT2D eigenvalue weighted by Crippen LogP contribution is 2.38. The molecule has 1 aromatic heterocycles. The summed E-state index contributed by atoms with van der Waals surface area (Å²) in [6.45, 7) is 2.06. The maximum absolute atomic E-state index is 6.48. The highest BCUT2D eigenvalue weighted by atomic mass is 79.9. The van der Waals surface area contributed by atoms with E-state index in [0.717, 1.165) is 21.3 Å². The fourth-order valence-corrected chi connectivity index (χ4v) is 4.39. The SMILES string of the molecule is COc1cc(C)c(Br)cc1C(N)c1cc2c(s1)CCC2. The maximum atomic E-state index is 6.48. The number of hydrogen-bond donors (Lipinski definition) is 1. The summed E-state index contributed by atoms with van der Waals surface area (Å²) in [7, 11) is 1.70. The topological polar surface area (TPSA) is 35.2 Å². The van der Waals surface area contributed by atoms with Gasteiger partial charge in [-0.3, -0.25) is 0 Å². The number of aryl methyl sites for hydroxylation is 3. The molecule has 2 aromatic rings. The quantitative estimate of drug-likeness (QED) is 0.891. The van der Waals surface area contributed by atoms with Crippen LogP contribution in [-0.2, 0) is 12.8 Å². The summed E-state index contributed by atoms with van der Waals surface area (Å²) in [4.78, 5) is 2.75. The van der Waals surface area contributed by atoms with Gasteiger partial charge in [-0.15, -0.1) is 11.3 Å². The number of methoxy groups -OCH3 is 1. The molecule has 4 heteroatoms. The highest BCUT2D eigenvalue weighted by Gasteiger charge is 2.21. The molecule has 0 saturated heterocycles. The molecule has 0 saturated carbocycles. The zero-order valence-electron chi connectivity index (χ0n) is 11.7. The predicted molar refractivity (Wildman–Crippen MR) is 87.8 cm³/mol. The monoisotopic (exact) mass is 351 g/mol. The smallest absolute Gasteiger partial charge is 0.124 e. The van der Waals surface area contributed by atoms with E-state index in [9.17, 15) is 0 Å². The van der Waals surface area contributed by atoms with Gasteiger partial charge in [-0.1, -0.05) is 15.9 Å². The molecule has 1 heterocycles. The molecular weight excluding hydrogens is 334 g/mol. The van der Waals surface area contributed by atoms with Crippen molar-refractivity contribution in [2.75, 3.05) is 7.11 Å². The summed E-state index contributed by atoms with van der Waals surface area (Å²) < 4.78 is 6.58. The minimum absolute atomic E-state index is 0.113. The van der Waals surface area contributed by atoms with E-state index < -0.39 is 0 Å². The van der Waals surface area contributed by atoms with Crippen LogP contribution in [-0.4, -0.2) is 7.11 Å². The minimum atomic E-state index is -0.113. The molecule has 1 aliphatic rings. The Bertz CT molecular complexity index is 629. The lowest BCUT2D eigenvalue weighted by atomic mass is 10.0. The van der Waals surface area contributed by atoms with Gasteiger partial charge in [-0.2, -0.15) is 0 Å². The van der Waals surface area contributed by atoms with Crippen molar-refractivity contribution in [2.45, 2.75) is 32.2 Å². The number of halogens is 1. The summed E-state index contributed by atoms with van der Waals surface area (Å²) in [6, 6.07) is 6.30. The summed E-state index contributed by atoms with van der Waals surface area (Å²) in [5.41, 5.74) is 10.2. The van der Waals surface area contributed by atoms with E-state index in [1.165, 1.54) is 34.6 Å². The average Bonchev–Trinajstić information content (AvgIpc) is 3.01. The summed E-state index contributed by atoms with van der Waals surface area (Å²) in [5.74, 6) is 0.867. The first-order valence-electron chi connectivity index (χ1n) is 6.81. The van der Waals surface area contributed by atoms with Gasteiger partial charge in [-0.05, 0) is 55.5 Å². The summed E-state index contributed by atoms with van der Waals surface area (Å²) in [5, 5.41) is 0. The van der Waals surface area contributed by atoms with Crippen LogP contribution in [0.3, 0.4) is 0 Å². The van der Waals surface area contributed by atoms with E-state index in [-0.39, 0.29) is 6.04 Å². The number of ether oxygens (including phenoxy) is 1. The highest BCUT2D eigenvalue weighted by molar-refractivity contribution is 9.10. The van der Waals surface area contributed by atoms with Crippen molar-refractivity contribution in [3.63, 3.8) is 0 Å². The lowest BCUT2D eigenvalue weighted by molar-refractivity contribution is 0.407. The molecule has 2 N–H and O–H groups in total. The Morgan fingerprint density at radius 3 is 2.80 bits per heavy atom. The van der Waals surface area contributed by atoms with Crippen molar-refractivity contribution >= 4 is 27.3 Å². The number of hydrogen-bond acceptors (Lipinski definition) is 3. The van der Waals surface area contributed by atoms with Crippen molar-refractivity contribution in [2.24, 2.45) is 5.73 Å². The summed E-state index contributed by atoms with van der Waals surface area (Å²) in [6.07, 6.45) is 3.70. The third kappa shape index (κ3) is 2.41. The van der Waals surface area contributed by atoms with E-state index in [2.05, 4.69) is 35.0 Å². The molecule has 1 atom stereocenters. The fraction of sp³-hybridized carbons (Fsp3) is 0.375. The van der Waals surface area contributed by atoms with Gasteiger partial charge in [0.15, 0.2) is 0 Å². The van der Waals surface area contributed by atoms with E-state index in [1.54, 1.807) is 7.11 Å². The van der Waals surface area contributed by atoms with Crippen LogP contribution in [0.25, 0.3) is 0 Å². The van der Waals surface area contributed by atoms with Crippen molar-refractivity contribution in [3.8, 4) is 5.75 Å². The Morgan fingerprint density at radius 2 is 2.10 bits per heavy atom. The van der Waals surface area contributed by atoms with Crippen molar-refractivity contribution < 1.29 is 4.74 Å². The zero-order chi connectivity index (χ0) is 14.3. The number of benzene rings is 1. The van der Waals surface area contributed by atoms with Gasteiger partial charge in [0.05, 0.1) is 13.2 Å². The van der Waals surface area contributed by atoms with Crippen LogP contribution in [0.1, 0.15) is 38.9 Å². The fourth-order valence-electron chi connectivity index (χ4n) is 2.75. The molecule has 1 unspecified atom stereocenters. The first kappa shape index (κ1) is 14.1. The van der Waals surface area contributed by atoms with Gasteiger partial charge < -0.3 is 10.5 Å². The molecule has 0 bridgehead atoms. The van der Waals surface area contributed by atoms with Crippen LogP contribution in [0.15, 0.2) is 22.7 Å². The standard InChI is InChI=1S/C16H18BrNOS/c1-9-6-13(19-2)11(8-12(9)17)16(18)15-7-10-4-3-5-14(10)20-15/h6-8,16H,3-5,18H2,1-2H3. The molecule has 0 spiro atoms. The maximum Gasteiger partial charge on any atom is 0.124 e. The van der Waals surface area contributed by atoms with Crippen molar-refractivity contribution in [1.29, 1.82) is 0 Å². The molecule has 20 heavy (non-hydrogen) atoms. The average molecular weight is 352 g/mol. The first-order valence-corrected chi connectivity index (χ1v) is 8.42. The van der Waals surface area contributed by atoms with E-state index in [0.29, 0.717) is 0 Å².